The first-order valence-electron chi connectivity index (χ1n) is 19.7. The molecule has 11 heteroatoms. The number of nitrogens with zero attached hydrogens (tertiary/aromatic N) is 2. The van der Waals surface area contributed by atoms with Gasteiger partial charge in [-0.1, -0.05) is 99.6 Å². The molecule has 10 nitrogen and oxygen atoms in total. The standard InChI is InChI=1S/C47H55N3O7Si/c1-47(2,3)58(7,8)57-25-24-49-45(51)41(27-32-16-10-9-11-17-32)50(46(52)56-31-39-37-20-14-12-18-35(37)36-19-13-15-21-38(36)39)30-33-22-23-48-40(26-33)34-28-42(53-4)44(55-6)43(29-34)54-5/h9-23,26,28-29,39,41H,24-25,27,30-31H2,1-8H3,(H,49,51)/t41-/m0/s1. The van der Waals surface area contributed by atoms with Crippen LogP contribution in [0.5, 0.6) is 17.2 Å². The molecule has 0 fully saturated rings. The van der Waals surface area contributed by atoms with Crippen LogP contribution in [-0.4, -0.2) is 77.3 Å². The van der Waals surface area contributed by atoms with Crippen molar-refractivity contribution in [2.45, 2.75) is 63.8 Å². The molecule has 6 rings (SSSR count). The Bertz CT molecular complexity index is 2130. The van der Waals surface area contributed by atoms with Crippen molar-refractivity contribution in [2.24, 2.45) is 0 Å². The van der Waals surface area contributed by atoms with Gasteiger partial charge in [0.2, 0.25) is 11.7 Å². The second-order valence-corrected chi connectivity index (χ2v) is 20.8. The minimum atomic E-state index is -2.05. The Morgan fingerprint density at radius 1 is 0.793 bits per heavy atom. The summed E-state index contributed by atoms with van der Waals surface area (Å²) in [5, 5.41) is 3.13. The van der Waals surface area contributed by atoms with Gasteiger partial charge in [0.25, 0.3) is 0 Å². The molecule has 0 spiro atoms. The van der Waals surface area contributed by atoms with Crippen LogP contribution < -0.4 is 19.5 Å². The molecule has 5 aromatic rings. The minimum absolute atomic E-state index is 0.0270. The molecule has 1 aliphatic carbocycles. The molecule has 1 N–H and O–H groups in total. The Morgan fingerprint density at radius 2 is 1.40 bits per heavy atom. The fourth-order valence-electron chi connectivity index (χ4n) is 7.13. The minimum Gasteiger partial charge on any atom is -0.493 e. The Labute approximate surface area is 343 Å². The van der Waals surface area contributed by atoms with E-state index in [4.69, 9.17) is 23.4 Å². The number of carbonyl (C=O) groups excluding carboxylic acids is 2. The van der Waals surface area contributed by atoms with Crippen LogP contribution in [0.3, 0.4) is 0 Å². The largest absolute Gasteiger partial charge is 0.493 e. The van der Waals surface area contributed by atoms with Gasteiger partial charge in [-0.3, -0.25) is 14.7 Å². The Morgan fingerprint density at radius 3 is 1.98 bits per heavy atom. The predicted octanol–water partition coefficient (Wildman–Crippen LogP) is 9.27. The highest BCUT2D eigenvalue weighted by Gasteiger charge is 2.38. The van der Waals surface area contributed by atoms with Crippen molar-refractivity contribution >= 4 is 20.3 Å². The third-order valence-electron chi connectivity index (χ3n) is 11.3. The number of fused-ring (bicyclic) bond motifs is 3. The number of rotatable bonds is 16. The number of nitrogens with one attached hydrogen (secondary N) is 1. The summed E-state index contributed by atoms with van der Waals surface area (Å²) in [5.41, 5.74) is 7.48. The summed E-state index contributed by atoms with van der Waals surface area (Å²) in [5.74, 6) is 0.994. The highest BCUT2D eigenvalue weighted by molar-refractivity contribution is 6.74. The molecule has 0 bridgehead atoms. The van der Waals surface area contributed by atoms with E-state index in [2.05, 4.69) is 68.4 Å². The van der Waals surface area contributed by atoms with Gasteiger partial charge in [-0.2, -0.15) is 0 Å². The molecule has 1 aromatic heterocycles. The van der Waals surface area contributed by atoms with E-state index in [9.17, 15) is 9.59 Å². The molecule has 0 saturated carbocycles. The van der Waals surface area contributed by atoms with Gasteiger partial charge >= 0.3 is 6.09 Å². The van der Waals surface area contributed by atoms with Crippen molar-refractivity contribution in [1.29, 1.82) is 0 Å². The molecule has 304 valence electrons. The van der Waals surface area contributed by atoms with Crippen molar-refractivity contribution in [1.82, 2.24) is 15.2 Å². The molecule has 1 aliphatic rings. The highest BCUT2D eigenvalue weighted by atomic mass is 28.4. The van der Waals surface area contributed by atoms with E-state index < -0.39 is 20.5 Å². The summed E-state index contributed by atoms with van der Waals surface area (Å²) in [4.78, 5) is 35.3. The lowest BCUT2D eigenvalue weighted by atomic mass is 9.98. The average molecular weight is 802 g/mol. The number of carbonyl (C=O) groups is 2. The number of aromatic nitrogens is 1. The topological polar surface area (TPSA) is 108 Å². The first-order chi connectivity index (χ1) is 27.8. The zero-order valence-electron chi connectivity index (χ0n) is 34.8. The van der Waals surface area contributed by atoms with Gasteiger partial charge in [-0.25, -0.2) is 4.79 Å². The fraction of sp³-hybridized carbons (Fsp3) is 0.340. The lowest BCUT2D eigenvalue weighted by Gasteiger charge is -2.36. The Hall–Kier alpha value is -5.65. The number of benzene rings is 4. The monoisotopic (exact) mass is 801 g/mol. The average Bonchev–Trinajstić information content (AvgIpc) is 3.55. The number of hydrogen-bond acceptors (Lipinski definition) is 8. The molecule has 4 aromatic carbocycles. The second kappa shape index (κ2) is 18.3. The van der Waals surface area contributed by atoms with E-state index >= 15 is 0 Å². The van der Waals surface area contributed by atoms with Gasteiger partial charge in [0.05, 0.1) is 33.6 Å². The summed E-state index contributed by atoms with van der Waals surface area (Å²) in [6, 6.07) is 32.7. The van der Waals surface area contributed by atoms with Crippen molar-refractivity contribution in [3.63, 3.8) is 0 Å². The van der Waals surface area contributed by atoms with Crippen molar-refractivity contribution in [2.75, 3.05) is 41.1 Å². The van der Waals surface area contributed by atoms with Gasteiger partial charge in [0.1, 0.15) is 12.6 Å². The van der Waals surface area contributed by atoms with Gasteiger partial charge in [0, 0.05) is 37.2 Å². The summed E-state index contributed by atoms with van der Waals surface area (Å²) >= 11 is 0. The molecule has 2 amide bonds. The summed E-state index contributed by atoms with van der Waals surface area (Å²) < 4.78 is 29.4. The number of hydrogen-bond donors (Lipinski definition) is 1. The third-order valence-corrected chi connectivity index (χ3v) is 15.9. The van der Waals surface area contributed by atoms with Crippen LogP contribution in [0.4, 0.5) is 4.79 Å². The van der Waals surface area contributed by atoms with E-state index in [1.165, 1.54) is 4.90 Å². The van der Waals surface area contributed by atoms with Crippen LogP contribution in [0.1, 0.15) is 48.9 Å². The number of amides is 2. The summed E-state index contributed by atoms with van der Waals surface area (Å²) in [6.07, 6.45) is 1.36. The maximum atomic E-state index is 14.7. The molecule has 1 atom stereocenters. The quantitative estimate of drug-likeness (QED) is 0.0778. The maximum absolute atomic E-state index is 14.7. The van der Waals surface area contributed by atoms with Crippen LogP contribution in [0.25, 0.3) is 22.4 Å². The summed E-state index contributed by atoms with van der Waals surface area (Å²) in [6.45, 7) is 11.8. The number of pyridine rings is 1. The van der Waals surface area contributed by atoms with E-state index in [1.807, 2.05) is 78.9 Å². The van der Waals surface area contributed by atoms with Crippen LogP contribution in [0.2, 0.25) is 18.1 Å². The molecule has 1 heterocycles. The van der Waals surface area contributed by atoms with E-state index in [1.54, 1.807) is 27.5 Å². The zero-order chi connectivity index (χ0) is 41.5. The van der Waals surface area contributed by atoms with Gasteiger partial charge in [-0.15, -0.1) is 0 Å². The maximum Gasteiger partial charge on any atom is 0.410 e. The van der Waals surface area contributed by atoms with Crippen LogP contribution in [0.15, 0.2) is 109 Å². The van der Waals surface area contributed by atoms with Crippen molar-refractivity contribution < 1.29 is 33.0 Å². The van der Waals surface area contributed by atoms with Gasteiger partial charge in [-0.05, 0) is 75.8 Å². The third kappa shape index (κ3) is 9.38. The number of methoxy groups -OCH3 is 3. The Kier molecular flexibility index (Phi) is 13.2. The molecule has 0 saturated heterocycles. The predicted molar refractivity (Wildman–Crippen MR) is 230 cm³/mol. The Balaban J connectivity index is 1.33. The van der Waals surface area contributed by atoms with E-state index in [0.717, 1.165) is 38.9 Å². The number of ether oxygens (including phenoxy) is 4. The smallest absolute Gasteiger partial charge is 0.410 e. The first-order valence-corrected chi connectivity index (χ1v) is 22.6. The fourth-order valence-corrected chi connectivity index (χ4v) is 8.18. The van der Waals surface area contributed by atoms with Gasteiger partial charge < -0.3 is 28.7 Å². The lowest BCUT2D eigenvalue weighted by Crippen LogP contribution is -2.51. The van der Waals surface area contributed by atoms with Crippen molar-refractivity contribution in [3.05, 3.63) is 132 Å². The van der Waals surface area contributed by atoms with Gasteiger partial charge in [0.15, 0.2) is 19.8 Å². The molecular weight excluding hydrogens is 747 g/mol. The lowest BCUT2D eigenvalue weighted by molar-refractivity contribution is -0.126. The molecular formula is C47H55N3O7Si. The van der Waals surface area contributed by atoms with Crippen LogP contribution in [-0.2, 0) is 26.9 Å². The molecule has 0 radical (unpaired) electrons. The first kappa shape index (κ1) is 42.0. The van der Waals surface area contributed by atoms with Crippen LogP contribution in [0, 0.1) is 0 Å². The van der Waals surface area contributed by atoms with Crippen molar-refractivity contribution in [3.8, 4) is 39.6 Å². The van der Waals surface area contributed by atoms with E-state index in [0.29, 0.717) is 36.1 Å². The van der Waals surface area contributed by atoms with Crippen LogP contribution >= 0.6 is 0 Å². The molecule has 0 unspecified atom stereocenters. The zero-order valence-corrected chi connectivity index (χ0v) is 35.8. The van der Waals surface area contributed by atoms with E-state index in [-0.39, 0.29) is 36.4 Å². The SMILES string of the molecule is COc1cc(-c2cc(CN(C(=O)OCC3c4ccccc4-c4ccccc43)[C@@H](Cc3ccccc3)C(=O)NCCO[Si](C)(C)C(C)(C)C)ccn2)cc(OC)c1OC. The summed E-state index contributed by atoms with van der Waals surface area (Å²) in [7, 11) is 2.64. The normalized spacial score (nSPS) is 12.9. The second-order valence-electron chi connectivity index (χ2n) is 16.0. The molecule has 0 aliphatic heterocycles. The highest BCUT2D eigenvalue weighted by Crippen LogP contribution is 2.45. The molecule has 58 heavy (non-hydrogen) atoms.